The summed E-state index contributed by atoms with van der Waals surface area (Å²) in [5, 5.41) is 12.3. The van der Waals surface area contributed by atoms with Crippen LogP contribution in [0.25, 0.3) is 10.7 Å². The van der Waals surface area contributed by atoms with E-state index in [-0.39, 0.29) is 17.5 Å². The van der Waals surface area contributed by atoms with Crippen molar-refractivity contribution in [2.45, 2.75) is 51.1 Å². The van der Waals surface area contributed by atoms with Crippen LogP contribution in [0.3, 0.4) is 0 Å². The molecule has 0 unspecified atom stereocenters. The molecule has 0 spiro atoms. The number of nitrogens with one attached hydrogen (secondary N) is 2. The number of rotatable bonds is 4. The lowest BCUT2D eigenvalue weighted by Gasteiger charge is -2.27. The largest absolute Gasteiger partial charge is 0.349 e. The normalized spacial score (nSPS) is 18.3. The Bertz CT molecular complexity index is 710. The highest BCUT2D eigenvalue weighted by Gasteiger charge is 2.32. The number of carbonyl (C=O) groups is 1. The van der Waals surface area contributed by atoms with Crippen LogP contribution in [0.4, 0.5) is 0 Å². The van der Waals surface area contributed by atoms with Gasteiger partial charge in [-0.05, 0) is 50.4 Å². The van der Waals surface area contributed by atoms with E-state index >= 15 is 0 Å². The molecule has 7 heteroatoms. The average molecular weight is 336 g/mol. The molecule has 0 saturated heterocycles. The van der Waals surface area contributed by atoms with Crippen molar-refractivity contribution in [1.29, 1.82) is 0 Å². The standard InChI is InChI=1S/C15H20N4OS2/c1-10(13(20)16-15(2)7-3-4-8-15)19-12(17-18-14(19)21)11-6-5-9-22-11/h5-6,9-10H,3-4,7-8H2,1-2H3,(H,16,20)(H,18,21)/t10-/m1/s1. The quantitative estimate of drug-likeness (QED) is 0.837. The molecule has 1 aliphatic carbocycles. The maximum absolute atomic E-state index is 12.7. The minimum Gasteiger partial charge on any atom is -0.349 e. The Labute approximate surface area is 138 Å². The van der Waals surface area contributed by atoms with Crippen LogP contribution >= 0.6 is 23.6 Å². The molecule has 0 aromatic carbocycles. The Hall–Kier alpha value is -1.47. The van der Waals surface area contributed by atoms with E-state index in [9.17, 15) is 4.79 Å². The summed E-state index contributed by atoms with van der Waals surface area (Å²) in [6, 6.07) is 3.56. The lowest BCUT2D eigenvalue weighted by Crippen LogP contribution is -2.46. The number of H-pyrrole nitrogens is 1. The maximum atomic E-state index is 12.7. The second-order valence-electron chi connectivity index (χ2n) is 6.13. The second kappa shape index (κ2) is 5.96. The molecule has 5 nitrogen and oxygen atoms in total. The van der Waals surface area contributed by atoms with E-state index < -0.39 is 0 Å². The third-order valence-electron chi connectivity index (χ3n) is 4.34. The van der Waals surface area contributed by atoms with Crippen molar-refractivity contribution in [3.63, 3.8) is 0 Å². The lowest BCUT2D eigenvalue weighted by molar-refractivity contribution is -0.125. The molecule has 2 N–H and O–H groups in total. The fraction of sp³-hybridized carbons (Fsp3) is 0.533. The molecule has 2 aromatic heterocycles. The topological polar surface area (TPSA) is 62.7 Å². The van der Waals surface area contributed by atoms with Crippen LogP contribution in [0.15, 0.2) is 17.5 Å². The Kier molecular flexibility index (Phi) is 4.18. The number of thiophene rings is 1. The van der Waals surface area contributed by atoms with Gasteiger partial charge in [-0.15, -0.1) is 11.3 Å². The molecule has 1 atom stereocenters. The zero-order chi connectivity index (χ0) is 15.7. The first-order chi connectivity index (χ1) is 10.5. The molecule has 22 heavy (non-hydrogen) atoms. The first kappa shape index (κ1) is 15.4. The van der Waals surface area contributed by atoms with Gasteiger partial charge in [0.25, 0.3) is 0 Å². The highest BCUT2D eigenvalue weighted by Crippen LogP contribution is 2.30. The fourth-order valence-electron chi connectivity index (χ4n) is 3.04. The van der Waals surface area contributed by atoms with Crippen LogP contribution in [0, 0.1) is 4.77 Å². The highest BCUT2D eigenvalue weighted by molar-refractivity contribution is 7.71. The monoisotopic (exact) mass is 336 g/mol. The van der Waals surface area contributed by atoms with Crippen LogP contribution in [-0.2, 0) is 4.79 Å². The third kappa shape index (κ3) is 2.87. The van der Waals surface area contributed by atoms with Crippen LogP contribution < -0.4 is 5.32 Å². The van der Waals surface area contributed by atoms with Gasteiger partial charge in [0, 0.05) is 5.54 Å². The van der Waals surface area contributed by atoms with Gasteiger partial charge >= 0.3 is 0 Å². The number of amides is 1. The predicted octanol–water partition coefficient (Wildman–Crippen LogP) is 3.68. The van der Waals surface area contributed by atoms with Gasteiger partial charge in [0.15, 0.2) is 10.6 Å². The van der Waals surface area contributed by atoms with E-state index in [1.807, 2.05) is 24.4 Å². The highest BCUT2D eigenvalue weighted by atomic mass is 32.1. The Morgan fingerprint density at radius 3 is 2.91 bits per heavy atom. The van der Waals surface area contributed by atoms with E-state index in [0.717, 1.165) is 23.5 Å². The molecule has 1 aliphatic rings. The van der Waals surface area contributed by atoms with Gasteiger partial charge in [-0.2, -0.15) is 5.10 Å². The number of aromatic nitrogens is 3. The zero-order valence-corrected chi connectivity index (χ0v) is 14.4. The van der Waals surface area contributed by atoms with E-state index in [1.165, 1.54) is 12.8 Å². The number of hydrogen-bond acceptors (Lipinski definition) is 4. The molecule has 0 bridgehead atoms. The minimum absolute atomic E-state index is 0.000272. The number of nitrogens with zero attached hydrogens (tertiary/aromatic N) is 2. The van der Waals surface area contributed by atoms with E-state index in [0.29, 0.717) is 4.77 Å². The molecular formula is C15H20N4OS2. The van der Waals surface area contributed by atoms with Crippen molar-refractivity contribution in [1.82, 2.24) is 20.1 Å². The van der Waals surface area contributed by atoms with Crippen LogP contribution in [0.2, 0.25) is 0 Å². The SMILES string of the molecule is C[C@H](C(=O)NC1(C)CCCC1)n1c(-c2cccs2)n[nH]c1=S. The van der Waals surface area contributed by atoms with E-state index in [4.69, 9.17) is 12.2 Å². The first-order valence-corrected chi connectivity index (χ1v) is 8.82. The molecule has 3 rings (SSSR count). The van der Waals surface area contributed by atoms with Gasteiger partial charge < -0.3 is 5.32 Å². The van der Waals surface area contributed by atoms with Gasteiger partial charge in [-0.1, -0.05) is 18.9 Å². The summed E-state index contributed by atoms with van der Waals surface area (Å²) in [6.07, 6.45) is 4.44. The average Bonchev–Trinajstić information content (AvgIpc) is 3.18. The van der Waals surface area contributed by atoms with Gasteiger partial charge in [0.05, 0.1) is 4.88 Å². The molecule has 2 aromatic rings. The Morgan fingerprint density at radius 1 is 1.55 bits per heavy atom. The van der Waals surface area contributed by atoms with Crippen molar-refractivity contribution in [2.24, 2.45) is 0 Å². The number of hydrogen-bond donors (Lipinski definition) is 2. The summed E-state index contributed by atoms with van der Waals surface area (Å²) in [7, 11) is 0. The fourth-order valence-corrected chi connectivity index (χ4v) is 4.04. The van der Waals surface area contributed by atoms with Crippen molar-refractivity contribution in [2.75, 3.05) is 0 Å². The molecule has 1 saturated carbocycles. The lowest BCUT2D eigenvalue weighted by atomic mass is 10.0. The minimum atomic E-state index is -0.388. The second-order valence-corrected chi connectivity index (χ2v) is 7.47. The van der Waals surface area contributed by atoms with Crippen LogP contribution in [-0.4, -0.2) is 26.2 Å². The van der Waals surface area contributed by atoms with Crippen molar-refractivity contribution >= 4 is 29.5 Å². The Balaban J connectivity index is 1.86. The van der Waals surface area contributed by atoms with Crippen LogP contribution in [0.1, 0.15) is 45.6 Å². The summed E-state index contributed by atoms with van der Waals surface area (Å²) >= 11 is 6.91. The summed E-state index contributed by atoms with van der Waals surface area (Å²) in [6.45, 7) is 4.00. The molecule has 1 amide bonds. The summed E-state index contributed by atoms with van der Waals surface area (Å²) < 4.78 is 2.28. The zero-order valence-electron chi connectivity index (χ0n) is 12.8. The molecule has 2 heterocycles. The molecule has 0 aliphatic heterocycles. The first-order valence-electron chi connectivity index (χ1n) is 7.53. The summed E-state index contributed by atoms with van der Waals surface area (Å²) in [5.41, 5.74) is -0.0830. The van der Waals surface area contributed by atoms with E-state index in [2.05, 4.69) is 22.4 Å². The van der Waals surface area contributed by atoms with Crippen molar-refractivity contribution in [3.05, 3.63) is 22.3 Å². The molecule has 0 radical (unpaired) electrons. The maximum Gasteiger partial charge on any atom is 0.243 e. The van der Waals surface area contributed by atoms with Gasteiger partial charge in [-0.25, -0.2) is 0 Å². The smallest absolute Gasteiger partial charge is 0.243 e. The molecule has 118 valence electrons. The van der Waals surface area contributed by atoms with Gasteiger partial charge in [0.2, 0.25) is 5.91 Å². The number of carbonyl (C=O) groups excluding carboxylic acids is 1. The summed E-state index contributed by atoms with van der Waals surface area (Å²) in [4.78, 5) is 13.7. The van der Waals surface area contributed by atoms with Gasteiger partial charge in [0.1, 0.15) is 6.04 Å². The number of aromatic amines is 1. The molecular weight excluding hydrogens is 316 g/mol. The third-order valence-corrected chi connectivity index (χ3v) is 5.50. The molecule has 1 fully saturated rings. The van der Waals surface area contributed by atoms with Crippen molar-refractivity contribution in [3.8, 4) is 10.7 Å². The predicted molar refractivity (Wildman–Crippen MR) is 90.5 cm³/mol. The van der Waals surface area contributed by atoms with E-state index in [1.54, 1.807) is 15.9 Å². The summed E-state index contributed by atoms with van der Waals surface area (Å²) in [5.74, 6) is 0.721. The Morgan fingerprint density at radius 2 is 2.27 bits per heavy atom. The van der Waals surface area contributed by atoms with Crippen LogP contribution in [0.5, 0.6) is 0 Å². The van der Waals surface area contributed by atoms with Crippen molar-refractivity contribution < 1.29 is 4.79 Å². The van der Waals surface area contributed by atoms with Gasteiger partial charge in [-0.3, -0.25) is 14.5 Å².